The van der Waals surface area contributed by atoms with Crippen LogP contribution < -0.4 is 4.74 Å². The van der Waals surface area contributed by atoms with E-state index in [1.54, 1.807) is 0 Å². The van der Waals surface area contributed by atoms with Crippen molar-refractivity contribution in [2.75, 3.05) is 19.6 Å². The van der Waals surface area contributed by atoms with Crippen molar-refractivity contribution in [1.82, 2.24) is 9.88 Å². The summed E-state index contributed by atoms with van der Waals surface area (Å²) in [7, 11) is 0. The summed E-state index contributed by atoms with van der Waals surface area (Å²) in [6, 6.07) is 12.8. The molecule has 1 unspecified atom stereocenters. The standard InChI is InChI=1S/C26H31ClN2O/c1-17(2)30-26-5-3-4-21-19(6-8-23(21)26)16-29-12-10-18(11-13-29)24-15-28-25-14-20(27)7-9-22(24)25/h3-5,7,9,14-15,17-19,28H,6,8,10-13,16H2,1-2H3. The molecule has 0 spiro atoms. The summed E-state index contributed by atoms with van der Waals surface area (Å²) in [6.07, 6.45) is 7.28. The first-order chi connectivity index (χ1) is 14.6. The van der Waals surface area contributed by atoms with Crippen molar-refractivity contribution in [3.05, 3.63) is 64.3 Å². The van der Waals surface area contributed by atoms with Crippen molar-refractivity contribution >= 4 is 22.5 Å². The van der Waals surface area contributed by atoms with Gasteiger partial charge in [-0.05, 0) is 99.3 Å². The van der Waals surface area contributed by atoms with Gasteiger partial charge in [0.2, 0.25) is 0 Å². The van der Waals surface area contributed by atoms with E-state index in [0.29, 0.717) is 11.8 Å². The number of piperidine rings is 1. The fraction of sp³-hybridized carbons (Fsp3) is 0.462. The molecule has 1 aromatic heterocycles. The van der Waals surface area contributed by atoms with Crippen molar-refractivity contribution in [2.45, 2.75) is 57.5 Å². The van der Waals surface area contributed by atoms with Crippen LogP contribution in [0.15, 0.2) is 42.6 Å². The van der Waals surface area contributed by atoms with E-state index in [9.17, 15) is 0 Å². The number of nitrogens with one attached hydrogen (secondary N) is 1. The molecule has 1 fully saturated rings. The Morgan fingerprint density at radius 3 is 2.73 bits per heavy atom. The molecule has 3 aromatic rings. The average Bonchev–Trinajstić information content (AvgIpc) is 3.33. The molecule has 1 saturated heterocycles. The van der Waals surface area contributed by atoms with Crippen molar-refractivity contribution in [2.24, 2.45) is 0 Å². The van der Waals surface area contributed by atoms with Crippen molar-refractivity contribution in [3.63, 3.8) is 0 Å². The van der Waals surface area contributed by atoms with Crippen LogP contribution in [0.25, 0.3) is 10.9 Å². The van der Waals surface area contributed by atoms with Gasteiger partial charge in [0.25, 0.3) is 0 Å². The van der Waals surface area contributed by atoms with Crippen LogP contribution in [0.4, 0.5) is 0 Å². The molecule has 30 heavy (non-hydrogen) atoms. The minimum Gasteiger partial charge on any atom is -0.491 e. The van der Waals surface area contributed by atoms with Gasteiger partial charge in [0.15, 0.2) is 0 Å². The van der Waals surface area contributed by atoms with Crippen LogP contribution >= 0.6 is 11.6 Å². The first-order valence-electron chi connectivity index (χ1n) is 11.4. The Labute approximate surface area is 184 Å². The zero-order valence-corrected chi connectivity index (χ0v) is 18.7. The number of ether oxygens (including phenoxy) is 1. The van der Waals surface area contributed by atoms with Gasteiger partial charge in [0.1, 0.15) is 5.75 Å². The number of hydrogen-bond donors (Lipinski definition) is 1. The zero-order chi connectivity index (χ0) is 20.7. The molecule has 2 aliphatic rings. The second-order valence-electron chi connectivity index (χ2n) is 9.23. The number of H-pyrrole nitrogens is 1. The quantitative estimate of drug-likeness (QED) is 0.507. The molecule has 1 aliphatic carbocycles. The van der Waals surface area contributed by atoms with Crippen molar-refractivity contribution < 1.29 is 4.74 Å². The fourth-order valence-electron chi connectivity index (χ4n) is 5.46. The summed E-state index contributed by atoms with van der Waals surface area (Å²) < 4.78 is 6.07. The number of aromatic nitrogens is 1. The summed E-state index contributed by atoms with van der Waals surface area (Å²) in [6.45, 7) is 7.75. The average molecular weight is 423 g/mol. The highest BCUT2D eigenvalue weighted by molar-refractivity contribution is 6.31. The lowest BCUT2D eigenvalue weighted by Gasteiger charge is -2.33. The van der Waals surface area contributed by atoms with Gasteiger partial charge < -0.3 is 14.6 Å². The van der Waals surface area contributed by atoms with Crippen LogP contribution in [0, 0.1) is 0 Å². The second kappa shape index (κ2) is 8.28. The lowest BCUT2D eigenvalue weighted by atomic mass is 9.88. The molecular weight excluding hydrogens is 392 g/mol. The number of halogens is 1. The Kier molecular flexibility index (Phi) is 5.51. The van der Waals surface area contributed by atoms with E-state index in [0.717, 1.165) is 22.7 Å². The first-order valence-corrected chi connectivity index (χ1v) is 11.7. The largest absolute Gasteiger partial charge is 0.491 e. The van der Waals surface area contributed by atoms with E-state index < -0.39 is 0 Å². The van der Waals surface area contributed by atoms with Crippen LogP contribution in [0.1, 0.15) is 61.6 Å². The van der Waals surface area contributed by atoms with E-state index >= 15 is 0 Å². The van der Waals surface area contributed by atoms with Gasteiger partial charge in [-0.2, -0.15) is 0 Å². The smallest absolute Gasteiger partial charge is 0.123 e. The van der Waals surface area contributed by atoms with Gasteiger partial charge >= 0.3 is 0 Å². The normalized spacial score (nSPS) is 20.2. The van der Waals surface area contributed by atoms with Gasteiger partial charge in [0.05, 0.1) is 6.10 Å². The highest BCUT2D eigenvalue weighted by Crippen LogP contribution is 2.40. The summed E-state index contributed by atoms with van der Waals surface area (Å²) >= 11 is 6.15. The molecule has 0 bridgehead atoms. The predicted molar refractivity (Wildman–Crippen MR) is 125 cm³/mol. The van der Waals surface area contributed by atoms with Crippen LogP contribution in [0.3, 0.4) is 0 Å². The number of aromatic amines is 1. The molecular formula is C26H31ClN2O. The van der Waals surface area contributed by atoms with Crippen LogP contribution in [-0.4, -0.2) is 35.6 Å². The molecule has 1 aliphatic heterocycles. The first kappa shape index (κ1) is 20.0. The Hall–Kier alpha value is -1.97. The highest BCUT2D eigenvalue weighted by atomic mass is 35.5. The number of nitrogens with zero attached hydrogens (tertiary/aromatic N) is 1. The Morgan fingerprint density at radius 2 is 1.93 bits per heavy atom. The summed E-state index contributed by atoms with van der Waals surface area (Å²) in [5, 5.41) is 2.13. The van der Waals surface area contributed by atoms with Crippen molar-refractivity contribution in [1.29, 1.82) is 0 Å². The molecule has 0 amide bonds. The van der Waals surface area contributed by atoms with Gasteiger partial charge in [-0.1, -0.05) is 29.8 Å². The lowest BCUT2D eigenvalue weighted by Crippen LogP contribution is -2.35. The highest BCUT2D eigenvalue weighted by Gasteiger charge is 2.29. The number of benzene rings is 2. The SMILES string of the molecule is CC(C)Oc1cccc2c1CCC2CN1CCC(c2c[nH]c3cc(Cl)ccc23)CC1. The molecule has 3 nitrogen and oxygen atoms in total. The Morgan fingerprint density at radius 1 is 1.10 bits per heavy atom. The third-order valence-electron chi connectivity index (χ3n) is 6.90. The van der Waals surface area contributed by atoms with Gasteiger partial charge in [-0.3, -0.25) is 0 Å². The lowest BCUT2D eigenvalue weighted by molar-refractivity contribution is 0.200. The van der Waals surface area contributed by atoms with Crippen LogP contribution in [0.2, 0.25) is 5.02 Å². The topological polar surface area (TPSA) is 28.3 Å². The molecule has 1 N–H and O–H groups in total. The maximum absolute atomic E-state index is 6.15. The van der Waals surface area contributed by atoms with Crippen LogP contribution in [0.5, 0.6) is 5.75 Å². The van der Waals surface area contributed by atoms with Gasteiger partial charge in [-0.25, -0.2) is 0 Å². The maximum atomic E-state index is 6.15. The fourth-order valence-corrected chi connectivity index (χ4v) is 5.63. The van der Waals surface area contributed by atoms with E-state index in [1.165, 1.54) is 61.0 Å². The molecule has 2 heterocycles. The Bertz CT molecular complexity index is 1030. The van der Waals surface area contributed by atoms with E-state index in [1.807, 2.05) is 12.1 Å². The summed E-state index contributed by atoms with van der Waals surface area (Å²) in [5.74, 6) is 2.38. The monoisotopic (exact) mass is 422 g/mol. The van der Waals surface area contributed by atoms with Gasteiger partial charge in [0, 0.05) is 28.7 Å². The Balaban J connectivity index is 1.23. The number of rotatable bonds is 5. The minimum absolute atomic E-state index is 0.232. The second-order valence-corrected chi connectivity index (χ2v) is 9.67. The summed E-state index contributed by atoms with van der Waals surface area (Å²) in [4.78, 5) is 6.09. The third kappa shape index (κ3) is 3.86. The molecule has 2 aromatic carbocycles. The van der Waals surface area contributed by atoms with Crippen molar-refractivity contribution in [3.8, 4) is 5.75 Å². The van der Waals surface area contributed by atoms with Crippen LogP contribution in [-0.2, 0) is 6.42 Å². The molecule has 1 atom stereocenters. The van der Waals surface area contributed by atoms with E-state index in [2.05, 4.69) is 54.2 Å². The molecule has 5 rings (SSSR count). The van der Waals surface area contributed by atoms with Gasteiger partial charge in [-0.15, -0.1) is 0 Å². The van der Waals surface area contributed by atoms with E-state index in [-0.39, 0.29) is 6.10 Å². The number of likely N-dealkylation sites (tertiary alicyclic amines) is 1. The number of fused-ring (bicyclic) bond motifs is 2. The molecule has 0 saturated carbocycles. The third-order valence-corrected chi connectivity index (χ3v) is 7.13. The minimum atomic E-state index is 0.232. The molecule has 0 radical (unpaired) electrons. The predicted octanol–water partition coefficient (Wildman–Crippen LogP) is 6.52. The van der Waals surface area contributed by atoms with E-state index in [4.69, 9.17) is 16.3 Å². The molecule has 158 valence electrons. The molecule has 4 heteroatoms. The number of hydrogen-bond acceptors (Lipinski definition) is 2. The zero-order valence-electron chi connectivity index (χ0n) is 18.0. The summed E-state index contributed by atoms with van der Waals surface area (Å²) in [5.41, 5.74) is 5.58. The maximum Gasteiger partial charge on any atom is 0.123 e.